The van der Waals surface area contributed by atoms with Crippen LogP contribution in [-0.2, 0) is 0 Å². The molecule has 1 heteroatoms. The molecule has 0 aromatic heterocycles. The molecule has 0 saturated carbocycles. The van der Waals surface area contributed by atoms with Crippen molar-refractivity contribution in [3.8, 4) is 0 Å². The summed E-state index contributed by atoms with van der Waals surface area (Å²) >= 11 is 0. The Morgan fingerprint density at radius 3 is 2.62 bits per heavy atom. The summed E-state index contributed by atoms with van der Waals surface area (Å²) in [7, 11) is 0. The molecule has 1 unspecified atom stereocenters. The van der Waals surface area contributed by atoms with Crippen LogP contribution >= 0.6 is 0 Å². The van der Waals surface area contributed by atoms with Crippen LogP contribution in [0.2, 0.25) is 0 Å². The largest absolute Gasteiger partial charge is 0.312 e. The van der Waals surface area contributed by atoms with Gasteiger partial charge in [0.25, 0.3) is 0 Å². The molecule has 1 atom stereocenters. The quantitative estimate of drug-likeness (QED) is 0.643. The topological polar surface area (TPSA) is 12.0 Å². The van der Waals surface area contributed by atoms with Gasteiger partial charge in [0.2, 0.25) is 0 Å². The molecule has 13 heavy (non-hydrogen) atoms. The first-order valence-corrected chi connectivity index (χ1v) is 6.02. The second kappa shape index (κ2) is 5.64. The van der Waals surface area contributed by atoms with Gasteiger partial charge in [0.05, 0.1) is 0 Å². The summed E-state index contributed by atoms with van der Waals surface area (Å²) in [5.41, 5.74) is 0.478. The minimum atomic E-state index is 0.478. The van der Waals surface area contributed by atoms with Gasteiger partial charge >= 0.3 is 0 Å². The van der Waals surface area contributed by atoms with E-state index in [0.717, 1.165) is 0 Å². The van der Waals surface area contributed by atoms with E-state index in [1.54, 1.807) is 0 Å². The maximum atomic E-state index is 3.67. The number of unbranched alkanes of at least 4 members (excludes halogenated alkanes) is 3. The number of hydrogen-bond acceptors (Lipinski definition) is 1. The zero-order valence-corrected chi connectivity index (χ0v) is 9.36. The summed E-state index contributed by atoms with van der Waals surface area (Å²) in [5, 5.41) is 3.67. The minimum Gasteiger partial charge on any atom is -0.312 e. The number of nitrogens with one attached hydrogen (secondary N) is 1. The Morgan fingerprint density at radius 1 is 1.15 bits per heavy atom. The Hall–Kier alpha value is -0.0400. The number of rotatable bonds is 5. The van der Waals surface area contributed by atoms with Gasteiger partial charge in [-0.3, -0.25) is 0 Å². The second-order valence-corrected chi connectivity index (χ2v) is 4.76. The molecule has 1 saturated heterocycles. The van der Waals surface area contributed by atoms with Gasteiger partial charge in [0.1, 0.15) is 0 Å². The van der Waals surface area contributed by atoms with Crippen LogP contribution in [0.15, 0.2) is 0 Å². The first-order valence-electron chi connectivity index (χ1n) is 6.02. The van der Waals surface area contributed by atoms with Crippen molar-refractivity contribution in [2.24, 2.45) is 0 Å². The van der Waals surface area contributed by atoms with E-state index in [-0.39, 0.29) is 0 Å². The van der Waals surface area contributed by atoms with Gasteiger partial charge in [-0.05, 0) is 32.7 Å². The zero-order chi connectivity index (χ0) is 9.57. The zero-order valence-electron chi connectivity index (χ0n) is 9.36. The lowest BCUT2D eigenvalue weighted by molar-refractivity contribution is 0.253. The highest BCUT2D eigenvalue weighted by Crippen LogP contribution is 2.24. The monoisotopic (exact) mass is 183 g/mol. The fourth-order valence-electron chi connectivity index (χ4n) is 2.27. The van der Waals surface area contributed by atoms with Gasteiger partial charge in [0, 0.05) is 5.54 Å². The predicted octanol–water partition coefficient (Wildman–Crippen LogP) is 3.49. The molecule has 1 rings (SSSR count). The van der Waals surface area contributed by atoms with Crippen molar-refractivity contribution >= 4 is 0 Å². The molecule has 1 aliphatic heterocycles. The molecule has 0 aromatic rings. The molecular weight excluding hydrogens is 158 g/mol. The molecule has 0 aromatic carbocycles. The molecular formula is C12H25N. The average Bonchev–Trinajstić information content (AvgIpc) is 2.14. The van der Waals surface area contributed by atoms with Crippen LogP contribution in [0, 0.1) is 0 Å². The van der Waals surface area contributed by atoms with Crippen LogP contribution in [0.1, 0.15) is 65.2 Å². The summed E-state index contributed by atoms with van der Waals surface area (Å²) in [6.07, 6.45) is 11.2. The molecule has 0 aliphatic carbocycles. The van der Waals surface area contributed by atoms with E-state index >= 15 is 0 Å². The van der Waals surface area contributed by atoms with Crippen LogP contribution in [-0.4, -0.2) is 12.1 Å². The van der Waals surface area contributed by atoms with Crippen LogP contribution in [0.4, 0.5) is 0 Å². The standard InChI is InChI=1S/C12H25N/c1-3-4-5-6-9-12(2)10-7-8-11-13-12/h13H,3-11H2,1-2H3. The van der Waals surface area contributed by atoms with E-state index in [1.165, 1.54) is 57.9 Å². The van der Waals surface area contributed by atoms with Crippen molar-refractivity contribution in [3.05, 3.63) is 0 Å². The molecule has 0 spiro atoms. The van der Waals surface area contributed by atoms with Crippen molar-refractivity contribution in [2.45, 2.75) is 70.8 Å². The second-order valence-electron chi connectivity index (χ2n) is 4.76. The van der Waals surface area contributed by atoms with Crippen LogP contribution in [0.5, 0.6) is 0 Å². The number of piperidine rings is 1. The van der Waals surface area contributed by atoms with Crippen molar-refractivity contribution in [3.63, 3.8) is 0 Å². The summed E-state index contributed by atoms with van der Waals surface area (Å²) in [5.74, 6) is 0. The van der Waals surface area contributed by atoms with E-state index in [9.17, 15) is 0 Å². The average molecular weight is 183 g/mol. The SMILES string of the molecule is CCCCCCC1(C)CCCCN1. The molecule has 1 heterocycles. The normalized spacial score (nSPS) is 29.1. The van der Waals surface area contributed by atoms with E-state index in [2.05, 4.69) is 19.2 Å². The molecule has 0 bridgehead atoms. The van der Waals surface area contributed by atoms with Crippen LogP contribution in [0.25, 0.3) is 0 Å². The smallest absolute Gasteiger partial charge is 0.0153 e. The Kier molecular flexibility index (Phi) is 4.79. The third-order valence-corrected chi connectivity index (χ3v) is 3.29. The van der Waals surface area contributed by atoms with Gasteiger partial charge in [-0.2, -0.15) is 0 Å². The van der Waals surface area contributed by atoms with E-state index in [0.29, 0.717) is 5.54 Å². The Morgan fingerprint density at radius 2 is 2.00 bits per heavy atom. The van der Waals surface area contributed by atoms with E-state index in [4.69, 9.17) is 0 Å². The van der Waals surface area contributed by atoms with E-state index in [1.807, 2.05) is 0 Å². The highest BCUT2D eigenvalue weighted by atomic mass is 15.0. The summed E-state index contributed by atoms with van der Waals surface area (Å²) in [6, 6.07) is 0. The summed E-state index contributed by atoms with van der Waals surface area (Å²) in [4.78, 5) is 0. The van der Waals surface area contributed by atoms with E-state index < -0.39 is 0 Å². The molecule has 0 amide bonds. The Bertz CT molecular complexity index is 125. The molecule has 1 nitrogen and oxygen atoms in total. The molecule has 78 valence electrons. The maximum Gasteiger partial charge on any atom is 0.0153 e. The summed E-state index contributed by atoms with van der Waals surface area (Å²) in [6.45, 7) is 5.92. The van der Waals surface area contributed by atoms with Gasteiger partial charge < -0.3 is 5.32 Å². The highest BCUT2D eigenvalue weighted by molar-refractivity contribution is 4.85. The van der Waals surface area contributed by atoms with Gasteiger partial charge in [-0.1, -0.05) is 39.0 Å². The Labute approximate surface area is 83.3 Å². The predicted molar refractivity (Wildman–Crippen MR) is 59.0 cm³/mol. The molecule has 0 radical (unpaired) electrons. The summed E-state index contributed by atoms with van der Waals surface area (Å²) < 4.78 is 0. The third kappa shape index (κ3) is 4.12. The van der Waals surface area contributed by atoms with Crippen LogP contribution in [0.3, 0.4) is 0 Å². The number of hydrogen-bond donors (Lipinski definition) is 1. The first-order chi connectivity index (χ1) is 6.27. The first kappa shape index (κ1) is 11.0. The van der Waals surface area contributed by atoms with Gasteiger partial charge in [-0.15, -0.1) is 0 Å². The highest BCUT2D eigenvalue weighted by Gasteiger charge is 2.24. The Balaban J connectivity index is 2.10. The van der Waals surface area contributed by atoms with Crippen molar-refractivity contribution in [1.82, 2.24) is 5.32 Å². The minimum absolute atomic E-state index is 0.478. The lowest BCUT2D eigenvalue weighted by Gasteiger charge is -2.35. The maximum absolute atomic E-state index is 3.67. The lowest BCUT2D eigenvalue weighted by Crippen LogP contribution is -2.45. The fourth-order valence-corrected chi connectivity index (χ4v) is 2.27. The van der Waals surface area contributed by atoms with Crippen molar-refractivity contribution in [1.29, 1.82) is 0 Å². The molecule has 1 aliphatic rings. The fraction of sp³-hybridized carbons (Fsp3) is 1.00. The lowest BCUT2D eigenvalue weighted by atomic mass is 9.86. The van der Waals surface area contributed by atoms with Crippen LogP contribution < -0.4 is 5.32 Å². The molecule has 1 N–H and O–H groups in total. The van der Waals surface area contributed by atoms with Crippen molar-refractivity contribution < 1.29 is 0 Å². The van der Waals surface area contributed by atoms with Crippen molar-refractivity contribution in [2.75, 3.05) is 6.54 Å². The van der Waals surface area contributed by atoms with Gasteiger partial charge in [0.15, 0.2) is 0 Å². The van der Waals surface area contributed by atoms with Gasteiger partial charge in [-0.25, -0.2) is 0 Å². The molecule has 1 fully saturated rings. The third-order valence-electron chi connectivity index (χ3n) is 3.29.